The number of aromatic amines is 1. The van der Waals surface area contributed by atoms with Crippen molar-refractivity contribution in [3.05, 3.63) is 107 Å². The second-order valence-corrected chi connectivity index (χ2v) is 7.39. The van der Waals surface area contributed by atoms with E-state index in [0.29, 0.717) is 6.42 Å². The number of aromatic nitrogens is 1. The Kier molecular flexibility index (Phi) is 6.04. The molecule has 0 atom stereocenters. The summed E-state index contributed by atoms with van der Waals surface area (Å²) in [4.78, 5) is 6.03. The van der Waals surface area contributed by atoms with Crippen LogP contribution in [-0.2, 0) is 25.9 Å². The molecule has 0 saturated heterocycles. The van der Waals surface area contributed by atoms with E-state index in [-0.39, 0.29) is 0 Å². The molecule has 144 valence electrons. The molecule has 0 aliphatic rings. The van der Waals surface area contributed by atoms with Crippen molar-refractivity contribution in [1.82, 2.24) is 9.88 Å². The summed E-state index contributed by atoms with van der Waals surface area (Å²) in [6, 6.07) is 31.8. The van der Waals surface area contributed by atoms with Crippen molar-refractivity contribution in [2.45, 2.75) is 25.9 Å². The van der Waals surface area contributed by atoms with Gasteiger partial charge in [-0.2, -0.15) is 5.26 Å². The quantitative estimate of drug-likeness (QED) is 0.440. The zero-order valence-electron chi connectivity index (χ0n) is 16.5. The van der Waals surface area contributed by atoms with Crippen LogP contribution in [0.25, 0.3) is 10.9 Å². The lowest BCUT2D eigenvalue weighted by molar-refractivity contribution is 0.259. The maximum absolute atomic E-state index is 9.31. The van der Waals surface area contributed by atoms with Crippen LogP contribution in [0.15, 0.2) is 84.9 Å². The molecule has 3 heteroatoms. The SMILES string of the molecule is N#CCc1c(CCN(Cc2ccccc2)Cc2ccccc2)[nH]c2ccccc12. The van der Waals surface area contributed by atoms with E-state index in [1.54, 1.807) is 0 Å². The lowest BCUT2D eigenvalue weighted by atomic mass is 10.1. The van der Waals surface area contributed by atoms with Gasteiger partial charge in [0.05, 0.1) is 12.5 Å². The Morgan fingerprint density at radius 3 is 1.97 bits per heavy atom. The smallest absolute Gasteiger partial charge is 0.0670 e. The highest BCUT2D eigenvalue weighted by Crippen LogP contribution is 2.24. The first-order chi connectivity index (χ1) is 14.3. The Balaban J connectivity index is 1.55. The van der Waals surface area contributed by atoms with Crippen LogP contribution in [0.5, 0.6) is 0 Å². The van der Waals surface area contributed by atoms with Crippen LogP contribution in [0.3, 0.4) is 0 Å². The number of fused-ring (bicyclic) bond motifs is 1. The van der Waals surface area contributed by atoms with Gasteiger partial charge in [-0.15, -0.1) is 0 Å². The predicted octanol–water partition coefficient (Wildman–Crippen LogP) is 5.48. The Morgan fingerprint density at radius 1 is 0.759 bits per heavy atom. The molecule has 0 unspecified atom stereocenters. The minimum absolute atomic E-state index is 0.441. The molecular formula is C26H25N3. The predicted molar refractivity (Wildman–Crippen MR) is 118 cm³/mol. The molecule has 0 aliphatic heterocycles. The van der Waals surface area contributed by atoms with Crippen LogP contribution >= 0.6 is 0 Å². The molecular weight excluding hydrogens is 354 g/mol. The van der Waals surface area contributed by atoms with Gasteiger partial charge in [-0.25, -0.2) is 0 Å². The molecule has 3 aromatic carbocycles. The van der Waals surface area contributed by atoms with Crippen molar-refractivity contribution >= 4 is 10.9 Å². The lowest BCUT2D eigenvalue weighted by Crippen LogP contribution is -2.25. The molecule has 0 saturated carbocycles. The maximum atomic E-state index is 9.31. The van der Waals surface area contributed by atoms with E-state index < -0.39 is 0 Å². The Hall–Kier alpha value is -3.35. The third-order valence-corrected chi connectivity index (χ3v) is 5.33. The fraction of sp³-hybridized carbons (Fsp3) is 0.192. The third kappa shape index (κ3) is 4.74. The summed E-state index contributed by atoms with van der Waals surface area (Å²) >= 11 is 0. The fourth-order valence-electron chi connectivity index (χ4n) is 3.92. The Morgan fingerprint density at radius 2 is 1.34 bits per heavy atom. The van der Waals surface area contributed by atoms with Crippen molar-refractivity contribution < 1.29 is 0 Å². The van der Waals surface area contributed by atoms with Gasteiger partial charge in [-0.05, 0) is 22.8 Å². The van der Waals surface area contributed by atoms with Crippen LogP contribution in [0.1, 0.15) is 22.4 Å². The standard InChI is InChI=1S/C26H25N3/c27-17-15-24-23-13-7-8-14-25(23)28-26(24)16-18-29(19-21-9-3-1-4-10-21)20-22-11-5-2-6-12-22/h1-14,28H,15-16,18-20H2. The van der Waals surface area contributed by atoms with Crippen LogP contribution in [0.2, 0.25) is 0 Å². The number of rotatable bonds is 8. The molecule has 1 N–H and O–H groups in total. The first-order valence-corrected chi connectivity index (χ1v) is 10.1. The van der Waals surface area contributed by atoms with E-state index in [0.717, 1.165) is 37.1 Å². The van der Waals surface area contributed by atoms with Gasteiger partial charge in [-0.1, -0.05) is 78.9 Å². The van der Waals surface area contributed by atoms with E-state index in [1.165, 1.54) is 22.2 Å². The van der Waals surface area contributed by atoms with Crippen LogP contribution < -0.4 is 0 Å². The molecule has 0 amide bonds. The summed E-state index contributed by atoms with van der Waals surface area (Å²) in [5.41, 5.74) is 6.07. The van der Waals surface area contributed by atoms with Gasteiger partial charge in [0.1, 0.15) is 0 Å². The minimum atomic E-state index is 0.441. The summed E-state index contributed by atoms with van der Waals surface area (Å²) in [6.45, 7) is 2.74. The zero-order chi connectivity index (χ0) is 19.9. The van der Waals surface area contributed by atoms with Crippen LogP contribution in [-0.4, -0.2) is 16.4 Å². The average Bonchev–Trinajstić information content (AvgIpc) is 3.11. The van der Waals surface area contributed by atoms with Crippen molar-refractivity contribution in [3.63, 3.8) is 0 Å². The molecule has 4 aromatic rings. The first-order valence-electron chi connectivity index (χ1n) is 10.1. The van der Waals surface area contributed by atoms with E-state index in [9.17, 15) is 5.26 Å². The summed E-state index contributed by atoms with van der Waals surface area (Å²) < 4.78 is 0. The molecule has 29 heavy (non-hydrogen) atoms. The molecule has 0 spiro atoms. The number of nitrogens with one attached hydrogen (secondary N) is 1. The monoisotopic (exact) mass is 379 g/mol. The van der Waals surface area contributed by atoms with Gasteiger partial charge in [0.15, 0.2) is 0 Å². The van der Waals surface area contributed by atoms with Gasteiger partial charge >= 0.3 is 0 Å². The van der Waals surface area contributed by atoms with Gasteiger partial charge < -0.3 is 4.98 Å². The van der Waals surface area contributed by atoms with Crippen LogP contribution in [0.4, 0.5) is 0 Å². The average molecular weight is 380 g/mol. The number of benzene rings is 3. The summed E-state index contributed by atoms with van der Waals surface area (Å²) in [5, 5.41) is 10.5. The number of H-pyrrole nitrogens is 1. The largest absolute Gasteiger partial charge is 0.358 e. The highest BCUT2D eigenvalue weighted by molar-refractivity contribution is 5.84. The molecule has 1 heterocycles. The number of hydrogen-bond acceptors (Lipinski definition) is 2. The van der Waals surface area contributed by atoms with Crippen LogP contribution in [0, 0.1) is 11.3 Å². The molecule has 0 aliphatic carbocycles. The lowest BCUT2D eigenvalue weighted by Gasteiger charge is -2.23. The third-order valence-electron chi connectivity index (χ3n) is 5.33. The zero-order valence-corrected chi connectivity index (χ0v) is 16.5. The van der Waals surface area contributed by atoms with Gasteiger partial charge in [0, 0.05) is 42.7 Å². The normalized spacial score (nSPS) is 11.0. The summed E-state index contributed by atoms with van der Waals surface area (Å²) in [7, 11) is 0. The maximum Gasteiger partial charge on any atom is 0.0670 e. The van der Waals surface area contributed by atoms with E-state index in [2.05, 4.69) is 88.7 Å². The molecule has 0 fully saturated rings. The van der Waals surface area contributed by atoms with Crippen molar-refractivity contribution in [2.75, 3.05) is 6.54 Å². The second-order valence-electron chi connectivity index (χ2n) is 7.39. The number of hydrogen-bond donors (Lipinski definition) is 1. The molecule has 0 bridgehead atoms. The van der Waals surface area contributed by atoms with Gasteiger partial charge in [-0.3, -0.25) is 4.90 Å². The van der Waals surface area contributed by atoms with E-state index in [4.69, 9.17) is 0 Å². The Labute approximate surface area is 172 Å². The van der Waals surface area contributed by atoms with Gasteiger partial charge in [0.25, 0.3) is 0 Å². The van der Waals surface area contributed by atoms with Crippen molar-refractivity contribution in [3.8, 4) is 6.07 Å². The Bertz CT molecular complexity index is 1050. The van der Waals surface area contributed by atoms with E-state index in [1.807, 2.05) is 12.1 Å². The number of nitrogens with zero attached hydrogens (tertiary/aromatic N) is 2. The highest BCUT2D eigenvalue weighted by atomic mass is 15.1. The van der Waals surface area contributed by atoms with Crippen molar-refractivity contribution in [2.24, 2.45) is 0 Å². The number of para-hydroxylation sites is 1. The van der Waals surface area contributed by atoms with E-state index >= 15 is 0 Å². The molecule has 3 nitrogen and oxygen atoms in total. The molecule has 4 rings (SSSR count). The second kappa shape index (κ2) is 9.23. The number of nitriles is 1. The minimum Gasteiger partial charge on any atom is -0.358 e. The topological polar surface area (TPSA) is 42.8 Å². The fourth-order valence-corrected chi connectivity index (χ4v) is 3.92. The van der Waals surface area contributed by atoms with Crippen molar-refractivity contribution in [1.29, 1.82) is 5.26 Å². The summed E-state index contributed by atoms with van der Waals surface area (Å²) in [6.07, 6.45) is 1.34. The molecule has 1 aromatic heterocycles. The first kappa shape index (κ1) is 19.0. The molecule has 0 radical (unpaired) electrons. The highest BCUT2D eigenvalue weighted by Gasteiger charge is 2.13. The van der Waals surface area contributed by atoms with Gasteiger partial charge in [0.2, 0.25) is 0 Å². The summed E-state index contributed by atoms with van der Waals surface area (Å²) in [5.74, 6) is 0.